The lowest BCUT2D eigenvalue weighted by molar-refractivity contribution is -0.143. The van der Waals surface area contributed by atoms with Crippen LogP contribution in [-0.4, -0.2) is 86.9 Å². The van der Waals surface area contributed by atoms with Crippen LogP contribution in [0.2, 0.25) is 0 Å². The topological polar surface area (TPSA) is 123 Å². The number of pyridine rings is 1. The fourth-order valence-electron chi connectivity index (χ4n) is 6.30. The van der Waals surface area contributed by atoms with E-state index in [0.29, 0.717) is 42.3 Å². The third kappa shape index (κ3) is 4.58. The number of thiophene rings is 1. The Balaban J connectivity index is 1.13. The number of rotatable bonds is 5. The number of likely N-dealkylation sites (tertiary alicyclic amines) is 3. The van der Waals surface area contributed by atoms with Crippen molar-refractivity contribution < 1.29 is 24.3 Å². The van der Waals surface area contributed by atoms with Crippen molar-refractivity contribution in [3.05, 3.63) is 36.0 Å². The van der Waals surface area contributed by atoms with Crippen LogP contribution in [0.3, 0.4) is 0 Å². The first-order chi connectivity index (χ1) is 18.3. The van der Waals surface area contributed by atoms with Gasteiger partial charge in [0.1, 0.15) is 5.00 Å². The summed E-state index contributed by atoms with van der Waals surface area (Å²) < 4.78 is 0. The van der Waals surface area contributed by atoms with Crippen molar-refractivity contribution in [1.82, 2.24) is 19.7 Å². The summed E-state index contributed by atoms with van der Waals surface area (Å²) in [6, 6.07) is 7.56. The maximum absolute atomic E-state index is 13.5. The number of amides is 4. The van der Waals surface area contributed by atoms with Gasteiger partial charge >= 0.3 is 6.09 Å². The molecule has 3 aliphatic heterocycles. The van der Waals surface area contributed by atoms with Gasteiger partial charge in [-0.15, -0.1) is 11.3 Å². The maximum atomic E-state index is 13.5. The second-order valence-electron chi connectivity index (χ2n) is 10.9. The number of carboxylic acid groups (broad SMARTS) is 1. The SMILES string of the molecule is O=C(O)Nc1sc(-c2ccccn2)cc1C(=O)N1CCC(N2CCCC3(CC(=O)N(C4CC4)C3=O)C2)CC1. The van der Waals surface area contributed by atoms with E-state index in [9.17, 15) is 24.3 Å². The number of nitrogens with one attached hydrogen (secondary N) is 1. The van der Waals surface area contributed by atoms with Crippen LogP contribution in [0.4, 0.5) is 9.80 Å². The van der Waals surface area contributed by atoms with Gasteiger partial charge in [-0.1, -0.05) is 6.07 Å². The normalized spacial score (nSPS) is 24.8. The molecule has 1 aliphatic carbocycles. The number of hydrogen-bond acceptors (Lipinski definition) is 7. The largest absolute Gasteiger partial charge is 0.465 e. The zero-order valence-corrected chi connectivity index (χ0v) is 21.9. The van der Waals surface area contributed by atoms with Gasteiger partial charge in [0.25, 0.3) is 5.91 Å². The minimum absolute atomic E-state index is 0.00799. The van der Waals surface area contributed by atoms with Gasteiger partial charge in [0.2, 0.25) is 11.8 Å². The minimum atomic E-state index is -1.22. The molecule has 10 nitrogen and oxygen atoms in total. The van der Waals surface area contributed by atoms with Crippen molar-refractivity contribution in [2.75, 3.05) is 31.5 Å². The van der Waals surface area contributed by atoms with Gasteiger partial charge in [0, 0.05) is 44.3 Å². The molecular formula is C27H31N5O5S. The second-order valence-corrected chi connectivity index (χ2v) is 11.9. The Bertz CT molecular complexity index is 1270. The van der Waals surface area contributed by atoms with Crippen molar-refractivity contribution >= 4 is 40.2 Å². The number of hydrogen-bond donors (Lipinski definition) is 2. The smallest absolute Gasteiger partial charge is 0.409 e. The number of imide groups is 1. The van der Waals surface area contributed by atoms with E-state index in [2.05, 4.69) is 15.2 Å². The predicted octanol–water partition coefficient (Wildman–Crippen LogP) is 3.51. The van der Waals surface area contributed by atoms with E-state index in [0.717, 1.165) is 49.9 Å². The average Bonchev–Trinajstić information content (AvgIpc) is 3.62. The molecule has 4 amide bonds. The predicted molar refractivity (Wildman–Crippen MR) is 141 cm³/mol. The lowest BCUT2D eigenvalue weighted by Crippen LogP contribution is -2.54. The fourth-order valence-corrected chi connectivity index (χ4v) is 7.31. The summed E-state index contributed by atoms with van der Waals surface area (Å²) in [5.41, 5.74) is 0.437. The van der Waals surface area contributed by atoms with Crippen LogP contribution in [0.25, 0.3) is 10.6 Å². The van der Waals surface area contributed by atoms with Crippen LogP contribution in [-0.2, 0) is 9.59 Å². The van der Waals surface area contributed by atoms with Gasteiger partial charge in [0.15, 0.2) is 0 Å². The summed E-state index contributed by atoms with van der Waals surface area (Å²) in [7, 11) is 0. The van der Waals surface area contributed by atoms with E-state index < -0.39 is 11.5 Å². The first kappa shape index (κ1) is 25.0. The monoisotopic (exact) mass is 537 g/mol. The summed E-state index contributed by atoms with van der Waals surface area (Å²) in [4.78, 5) is 61.6. The van der Waals surface area contributed by atoms with E-state index in [4.69, 9.17) is 0 Å². The average molecular weight is 538 g/mol. The first-order valence-corrected chi connectivity index (χ1v) is 14.1. The van der Waals surface area contributed by atoms with Gasteiger partial charge in [0.05, 0.1) is 21.5 Å². The van der Waals surface area contributed by atoms with Crippen LogP contribution in [0.15, 0.2) is 30.5 Å². The highest BCUT2D eigenvalue weighted by Gasteiger charge is 2.56. The van der Waals surface area contributed by atoms with E-state index in [1.807, 2.05) is 12.1 Å². The lowest BCUT2D eigenvalue weighted by Gasteiger charge is -2.45. The molecule has 2 N–H and O–H groups in total. The van der Waals surface area contributed by atoms with Gasteiger partial charge in [-0.3, -0.25) is 34.5 Å². The van der Waals surface area contributed by atoms with Crippen LogP contribution >= 0.6 is 11.3 Å². The molecule has 0 radical (unpaired) electrons. The molecule has 5 heterocycles. The molecule has 4 fully saturated rings. The molecule has 38 heavy (non-hydrogen) atoms. The molecular weight excluding hydrogens is 506 g/mol. The number of anilines is 1. The molecule has 0 aromatic carbocycles. The number of carbonyl (C=O) groups excluding carboxylic acids is 3. The Labute approximate surface area is 224 Å². The van der Waals surface area contributed by atoms with Crippen molar-refractivity contribution in [2.24, 2.45) is 5.41 Å². The zero-order chi connectivity index (χ0) is 26.4. The summed E-state index contributed by atoms with van der Waals surface area (Å²) in [6.07, 6.45) is 5.84. The Hall–Kier alpha value is -3.31. The Kier molecular flexibility index (Phi) is 6.43. The third-order valence-electron chi connectivity index (χ3n) is 8.32. The summed E-state index contributed by atoms with van der Waals surface area (Å²) in [5.74, 6) is -0.175. The van der Waals surface area contributed by atoms with Crippen molar-refractivity contribution in [2.45, 2.75) is 57.0 Å². The molecule has 6 rings (SSSR count). The summed E-state index contributed by atoms with van der Waals surface area (Å²) in [5, 5.41) is 12.0. The van der Waals surface area contributed by atoms with E-state index in [1.165, 1.54) is 11.3 Å². The van der Waals surface area contributed by atoms with Crippen LogP contribution < -0.4 is 5.32 Å². The van der Waals surface area contributed by atoms with Crippen LogP contribution in [0.5, 0.6) is 0 Å². The molecule has 2 aromatic heterocycles. The highest BCUT2D eigenvalue weighted by atomic mass is 32.1. The molecule has 2 aromatic rings. The van der Waals surface area contributed by atoms with Crippen molar-refractivity contribution in [3.8, 4) is 10.6 Å². The lowest BCUT2D eigenvalue weighted by atomic mass is 9.77. The highest BCUT2D eigenvalue weighted by molar-refractivity contribution is 7.20. The van der Waals surface area contributed by atoms with E-state index >= 15 is 0 Å². The number of piperidine rings is 2. The first-order valence-electron chi connectivity index (χ1n) is 13.3. The third-order valence-corrected chi connectivity index (χ3v) is 9.39. The van der Waals surface area contributed by atoms with Gasteiger partial charge in [-0.25, -0.2) is 4.79 Å². The highest BCUT2D eigenvalue weighted by Crippen LogP contribution is 2.45. The molecule has 1 saturated carbocycles. The van der Waals surface area contributed by atoms with E-state index in [-0.39, 0.29) is 29.8 Å². The molecule has 1 atom stereocenters. The summed E-state index contributed by atoms with van der Waals surface area (Å²) in [6.45, 7) is 2.62. The molecule has 11 heteroatoms. The molecule has 200 valence electrons. The van der Waals surface area contributed by atoms with Crippen LogP contribution in [0, 0.1) is 5.41 Å². The van der Waals surface area contributed by atoms with Crippen molar-refractivity contribution in [3.63, 3.8) is 0 Å². The molecule has 1 spiro atoms. The number of carbonyl (C=O) groups is 4. The Morgan fingerprint density at radius 3 is 2.55 bits per heavy atom. The minimum Gasteiger partial charge on any atom is -0.465 e. The molecule has 0 bridgehead atoms. The fraction of sp³-hybridized carbons (Fsp3) is 0.519. The van der Waals surface area contributed by atoms with E-state index in [1.54, 1.807) is 28.1 Å². The summed E-state index contributed by atoms with van der Waals surface area (Å²) >= 11 is 1.20. The Morgan fingerprint density at radius 1 is 1.08 bits per heavy atom. The standard InChI is InChI=1S/C27H31N5O5S/c33-22-15-27(25(35)32(22)18-5-6-18)9-3-11-31(16-27)17-7-12-30(13-8-17)24(34)19-14-21(20-4-1-2-10-28-20)38-23(19)29-26(36)37/h1-2,4,10,14,17-18,29H,3,5-9,11-13,15-16H2,(H,36,37). The second kappa shape index (κ2) is 9.77. The van der Waals surface area contributed by atoms with Gasteiger partial charge < -0.3 is 10.0 Å². The molecule has 4 aliphatic rings. The van der Waals surface area contributed by atoms with Gasteiger partial charge in [-0.2, -0.15) is 0 Å². The molecule has 1 unspecified atom stereocenters. The quantitative estimate of drug-likeness (QED) is 0.560. The zero-order valence-electron chi connectivity index (χ0n) is 21.1. The van der Waals surface area contributed by atoms with Crippen molar-refractivity contribution in [1.29, 1.82) is 0 Å². The maximum Gasteiger partial charge on any atom is 0.409 e. The number of aromatic nitrogens is 1. The Morgan fingerprint density at radius 2 is 1.87 bits per heavy atom. The van der Waals surface area contributed by atoms with Crippen LogP contribution in [0.1, 0.15) is 55.3 Å². The van der Waals surface area contributed by atoms with Gasteiger partial charge in [-0.05, 0) is 63.3 Å². The number of nitrogens with zero attached hydrogens (tertiary/aromatic N) is 4. The molecule has 3 saturated heterocycles.